The average Bonchev–Trinajstić information content (AvgIpc) is 3.12. The lowest BCUT2D eigenvalue weighted by Crippen LogP contribution is -2.13. The smallest absolute Gasteiger partial charge is 0.359 e. The number of fused-ring (bicyclic) bond motifs is 1. The fourth-order valence-corrected chi connectivity index (χ4v) is 3.75. The van der Waals surface area contributed by atoms with E-state index in [0.717, 1.165) is 27.3 Å². The third kappa shape index (κ3) is 3.41. The Morgan fingerprint density at radius 2 is 1.86 bits per heavy atom. The Hall–Kier alpha value is -3.39. The van der Waals surface area contributed by atoms with E-state index < -0.39 is 5.97 Å². The number of hydrogen-bond acceptors (Lipinski definition) is 6. The van der Waals surface area contributed by atoms with Crippen LogP contribution in [0.5, 0.6) is 5.75 Å². The topological polar surface area (TPSA) is 89.6 Å². The van der Waals surface area contributed by atoms with E-state index in [1.54, 1.807) is 7.11 Å². The molecule has 140 valence electrons. The number of thioether (sulfide) groups is 1. The second-order valence-electron chi connectivity index (χ2n) is 6.14. The molecule has 0 fully saturated rings. The van der Waals surface area contributed by atoms with Crippen molar-refractivity contribution in [1.82, 2.24) is 15.1 Å². The lowest BCUT2D eigenvalue weighted by Gasteiger charge is -2.16. The molecule has 1 aliphatic heterocycles. The number of hydrogen-bond donors (Lipinski definition) is 1. The Bertz CT molecular complexity index is 1100. The van der Waals surface area contributed by atoms with Crippen LogP contribution in [0.3, 0.4) is 0 Å². The summed E-state index contributed by atoms with van der Waals surface area (Å²) < 4.78 is 5.20. The monoisotopic (exact) mass is 392 g/mol. The van der Waals surface area contributed by atoms with Crippen LogP contribution >= 0.6 is 11.8 Å². The highest BCUT2D eigenvalue weighted by atomic mass is 32.2. The van der Waals surface area contributed by atoms with Crippen LogP contribution in [0.4, 0.5) is 0 Å². The first-order valence-electron chi connectivity index (χ1n) is 8.44. The van der Waals surface area contributed by atoms with Gasteiger partial charge in [0.2, 0.25) is 5.69 Å². The van der Waals surface area contributed by atoms with Gasteiger partial charge in [-0.2, -0.15) is 0 Å². The highest BCUT2D eigenvalue weighted by molar-refractivity contribution is 8.04. The van der Waals surface area contributed by atoms with Gasteiger partial charge in [0, 0.05) is 10.5 Å². The molecule has 0 amide bonds. The molecule has 2 heterocycles. The number of nitrogens with zero attached hydrogens (tertiary/aromatic N) is 4. The van der Waals surface area contributed by atoms with Gasteiger partial charge >= 0.3 is 5.97 Å². The largest absolute Gasteiger partial charge is 0.497 e. The van der Waals surface area contributed by atoms with Crippen LogP contribution in [-0.2, 0) is 0 Å². The molecular weight excluding hydrogens is 376 g/mol. The van der Waals surface area contributed by atoms with Gasteiger partial charge in [-0.3, -0.25) is 0 Å². The number of aromatic nitrogens is 3. The quantitative estimate of drug-likeness (QED) is 0.728. The predicted octanol–water partition coefficient (Wildman–Crippen LogP) is 3.69. The van der Waals surface area contributed by atoms with E-state index in [1.165, 1.54) is 16.6 Å². The zero-order chi connectivity index (χ0) is 19.7. The summed E-state index contributed by atoms with van der Waals surface area (Å²) in [6, 6.07) is 15.6. The lowest BCUT2D eigenvalue weighted by molar-refractivity contribution is 0.0686. The van der Waals surface area contributed by atoms with Gasteiger partial charge in [0.1, 0.15) is 11.5 Å². The molecule has 1 N–H and O–H groups in total. The molecule has 0 atom stereocenters. The highest BCUT2D eigenvalue weighted by Crippen LogP contribution is 2.36. The van der Waals surface area contributed by atoms with Crippen molar-refractivity contribution < 1.29 is 14.6 Å². The van der Waals surface area contributed by atoms with E-state index >= 15 is 0 Å². The summed E-state index contributed by atoms with van der Waals surface area (Å²) in [4.78, 5) is 13.5. The molecule has 2 aromatic carbocycles. The molecule has 3 aromatic rings. The Morgan fingerprint density at radius 3 is 2.50 bits per heavy atom. The summed E-state index contributed by atoms with van der Waals surface area (Å²) in [5.74, 6) is -0.368. The first-order chi connectivity index (χ1) is 13.5. The summed E-state index contributed by atoms with van der Waals surface area (Å²) in [6.45, 7) is 2.02. The average molecular weight is 392 g/mol. The van der Waals surface area contributed by atoms with Crippen molar-refractivity contribution in [2.45, 2.75) is 11.9 Å². The van der Waals surface area contributed by atoms with Gasteiger partial charge in [-0.15, -0.1) is 15.0 Å². The Labute approximate surface area is 165 Å². The summed E-state index contributed by atoms with van der Waals surface area (Å²) in [7, 11) is 1.62. The molecule has 8 heteroatoms. The van der Waals surface area contributed by atoms with Crippen molar-refractivity contribution in [3.63, 3.8) is 0 Å². The Balaban J connectivity index is 1.83. The molecule has 1 aromatic heterocycles. The highest BCUT2D eigenvalue weighted by Gasteiger charge is 2.27. The summed E-state index contributed by atoms with van der Waals surface area (Å²) in [6.07, 6.45) is 1.96. The van der Waals surface area contributed by atoms with Gasteiger partial charge in [0.25, 0.3) is 0 Å². The SMILES string of the molecule is COc1ccc(/C=C2\Sc3c(C(=O)O)nnn3N=C2c2ccc(C)cc2)cc1. The maximum Gasteiger partial charge on any atom is 0.359 e. The summed E-state index contributed by atoms with van der Waals surface area (Å²) >= 11 is 1.29. The lowest BCUT2D eigenvalue weighted by atomic mass is 10.1. The predicted molar refractivity (Wildman–Crippen MR) is 107 cm³/mol. The minimum Gasteiger partial charge on any atom is -0.497 e. The molecule has 0 saturated carbocycles. The van der Waals surface area contributed by atoms with Crippen LogP contribution in [0, 0.1) is 6.92 Å². The minimum atomic E-state index is -1.13. The molecule has 0 saturated heterocycles. The molecule has 28 heavy (non-hydrogen) atoms. The van der Waals surface area contributed by atoms with Crippen molar-refractivity contribution in [3.05, 3.63) is 75.8 Å². The van der Waals surface area contributed by atoms with E-state index in [9.17, 15) is 9.90 Å². The fraction of sp³-hybridized carbons (Fsp3) is 0.100. The number of rotatable bonds is 4. The van der Waals surface area contributed by atoms with Crippen molar-refractivity contribution in [3.8, 4) is 5.75 Å². The van der Waals surface area contributed by atoms with Crippen LogP contribution < -0.4 is 4.74 Å². The Kier molecular flexibility index (Phi) is 4.70. The van der Waals surface area contributed by atoms with Gasteiger partial charge in [0.15, 0.2) is 5.03 Å². The first-order valence-corrected chi connectivity index (χ1v) is 9.26. The van der Waals surface area contributed by atoms with E-state index in [4.69, 9.17) is 4.74 Å². The van der Waals surface area contributed by atoms with Gasteiger partial charge in [-0.05, 0) is 35.9 Å². The Morgan fingerprint density at radius 1 is 1.14 bits per heavy atom. The van der Waals surface area contributed by atoms with Crippen molar-refractivity contribution in [2.24, 2.45) is 5.10 Å². The number of carboxylic acid groups (broad SMARTS) is 1. The number of carbonyl (C=O) groups is 1. The second kappa shape index (κ2) is 7.32. The van der Waals surface area contributed by atoms with Crippen LogP contribution in [0.1, 0.15) is 27.2 Å². The fourth-order valence-electron chi connectivity index (χ4n) is 2.71. The number of aryl methyl sites for hydroxylation is 1. The molecule has 0 spiro atoms. The molecule has 0 radical (unpaired) electrons. The van der Waals surface area contributed by atoms with Gasteiger partial charge in [-0.1, -0.05) is 53.7 Å². The molecule has 1 aliphatic rings. The maximum absolute atomic E-state index is 11.4. The van der Waals surface area contributed by atoms with Crippen LogP contribution in [0.15, 0.2) is 63.6 Å². The van der Waals surface area contributed by atoms with Gasteiger partial charge < -0.3 is 9.84 Å². The summed E-state index contributed by atoms with van der Waals surface area (Å²) in [5, 5.41) is 21.9. The number of carboxylic acids is 1. The van der Waals surface area contributed by atoms with Gasteiger partial charge in [-0.25, -0.2) is 4.79 Å². The van der Waals surface area contributed by atoms with E-state index in [0.29, 0.717) is 10.7 Å². The van der Waals surface area contributed by atoms with E-state index in [1.807, 2.05) is 61.5 Å². The van der Waals surface area contributed by atoms with Crippen LogP contribution in [0.2, 0.25) is 0 Å². The van der Waals surface area contributed by atoms with E-state index in [2.05, 4.69) is 15.4 Å². The normalized spacial score (nSPS) is 14.5. The second-order valence-corrected chi connectivity index (χ2v) is 7.17. The molecule has 0 bridgehead atoms. The van der Waals surface area contributed by atoms with Crippen LogP contribution in [0.25, 0.3) is 6.08 Å². The van der Waals surface area contributed by atoms with Crippen molar-refractivity contribution in [2.75, 3.05) is 7.11 Å². The molecule has 0 unspecified atom stereocenters. The zero-order valence-corrected chi connectivity index (χ0v) is 16.0. The number of allylic oxidation sites excluding steroid dienone is 1. The van der Waals surface area contributed by atoms with Crippen molar-refractivity contribution >= 4 is 29.5 Å². The molecule has 4 rings (SSSR count). The number of benzene rings is 2. The third-order valence-electron chi connectivity index (χ3n) is 4.19. The molecule has 0 aliphatic carbocycles. The standard InChI is InChI=1S/C20H16N4O3S/c1-12-3-7-14(8-4-12)17-16(11-13-5-9-15(27-2)10-6-13)28-19-18(20(25)26)21-23-24(19)22-17/h3-11H,1-2H3,(H,25,26)/b16-11-. The minimum absolute atomic E-state index is 0.114. The first kappa shape index (κ1) is 18.0. The number of methoxy groups -OCH3 is 1. The zero-order valence-electron chi connectivity index (χ0n) is 15.2. The number of ether oxygens (including phenoxy) is 1. The van der Waals surface area contributed by atoms with Crippen molar-refractivity contribution in [1.29, 1.82) is 0 Å². The third-order valence-corrected chi connectivity index (χ3v) is 5.27. The van der Waals surface area contributed by atoms with E-state index in [-0.39, 0.29) is 5.69 Å². The van der Waals surface area contributed by atoms with Crippen LogP contribution in [-0.4, -0.2) is 39.0 Å². The molecular formula is C20H16N4O3S. The number of aromatic carboxylic acids is 1. The molecule has 7 nitrogen and oxygen atoms in total. The summed E-state index contributed by atoms with van der Waals surface area (Å²) in [5.41, 5.74) is 3.59. The van der Waals surface area contributed by atoms with Gasteiger partial charge in [0.05, 0.1) is 7.11 Å². The maximum atomic E-state index is 11.4.